The van der Waals surface area contributed by atoms with E-state index in [1.807, 2.05) is 0 Å². The van der Waals surface area contributed by atoms with E-state index < -0.39 is 34.3 Å². The van der Waals surface area contributed by atoms with Crippen LogP contribution in [-0.4, -0.2) is 66.6 Å². The molecule has 2 aliphatic rings. The van der Waals surface area contributed by atoms with Crippen LogP contribution in [0.1, 0.15) is 42.3 Å². The summed E-state index contributed by atoms with van der Waals surface area (Å²) < 4.78 is 11.3. The summed E-state index contributed by atoms with van der Waals surface area (Å²) in [6, 6.07) is 5.03. The predicted molar refractivity (Wildman–Crippen MR) is 144 cm³/mol. The number of allylic oxidation sites excluding steroid dienone is 4. The van der Waals surface area contributed by atoms with Crippen LogP contribution >= 0.6 is 0 Å². The molecule has 1 atom stereocenters. The van der Waals surface area contributed by atoms with Gasteiger partial charge in [-0.1, -0.05) is 0 Å². The number of carbonyl (C=O) groups is 3. The van der Waals surface area contributed by atoms with Gasteiger partial charge in [0.25, 0.3) is 0 Å². The number of aliphatic hydroxyl groups excluding tert-OH is 1. The first-order chi connectivity index (χ1) is 19.4. The number of methoxy groups -OCH3 is 1. The standard InChI is InChI=1S/C28H27N5O8/c1-12-23(37)21(14(3)35)25-22(24(12)38)28(4)19(41-25)11-17(36)20(26(28)39)13(2)29-16-10-15(6-7-18(16)40-5)27-30-32-33(31-27)8-9-34/h6-7,10-11,29,34,37-38H,8-9H2,1-5H3. The van der Waals surface area contributed by atoms with E-state index in [-0.39, 0.29) is 58.4 Å². The van der Waals surface area contributed by atoms with Crippen molar-refractivity contribution >= 4 is 23.0 Å². The van der Waals surface area contributed by atoms with Gasteiger partial charge in [0, 0.05) is 22.9 Å². The molecule has 0 radical (unpaired) electrons. The summed E-state index contributed by atoms with van der Waals surface area (Å²) >= 11 is 0. The number of phenolic OH excluding ortho intramolecular Hbond substituents is 2. The highest BCUT2D eigenvalue weighted by atomic mass is 16.5. The molecule has 0 amide bonds. The van der Waals surface area contributed by atoms with E-state index in [1.54, 1.807) is 25.1 Å². The number of fused-ring (bicyclic) bond motifs is 3. The lowest BCUT2D eigenvalue weighted by Crippen LogP contribution is -2.40. The van der Waals surface area contributed by atoms with Crippen molar-refractivity contribution in [1.29, 1.82) is 0 Å². The molecule has 212 valence electrons. The number of hydrogen-bond acceptors (Lipinski definition) is 12. The summed E-state index contributed by atoms with van der Waals surface area (Å²) in [5.74, 6) is -2.23. The van der Waals surface area contributed by atoms with Gasteiger partial charge in [-0.15, -0.1) is 10.2 Å². The maximum Gasteiger partial charge on any atom is 0.204 e. The number of aliphatic hydroxyl groups is 1. The van der Waals surface area contributed by atoms with E-state index >= 15 is 0 Å². The highest BCUT2D eigenvalue weighted by Crippen LogP contribution is 2.57. The monoisotopic (exact) mass is 561 g/mol. The van der Waals surface area contributed by atoms with Crippen molar-refractivity contribution in [1.82, 2.24) is 20.2 Å². The van der Waals surface area contributed by atoms with Crippen molar-refractivity contribution in [2.45, 2.75) is 39.7 Å². The second-order valence-corrected chi connectivity index (χ2v) is 9.86. The van der Waals surface area contributed by atoms with Crippen LogP contribution in [-0.2, 0) is 21.5 Å². The third-order valence-corrected chi connectivity index (χ3v) is 7.29. The number of aromatic nitrogens is 4. The van der Waals surface area contributed by atoms with Crippen LogP contribution < -0.4 is 14.8 Å². The van der Waals surface area contributed by atoms with Crippen LogP contribution in [0.5, 0.6) is 23.0 Å². The first-order valence-electron chi connectivity index (χ1n) is 12.6. The molecule has 41 heavy (non-hydrogen) atoms. The van der Waals surface area contributed by atoms with Gasteiger partial charge in [0.1, 0.15) is 39.7 Å². The Hall–Kier alpha value is -5.04. The summed E-state index contributed by atoms with van der Waals surface area (Å²) in [5.41, 5.74) is -0.852. The van der Waals surface area contributed by atoms with Crippen molar-refractivity contribution in [3.63, 3.8) is 0 Å². The Kier molecular flexibility index (Phi) is 6.62. The smallest absolute Gasteiger partial charge is 0.204 e. The van der Waals surface area contributed by atoms with Gasteiger partial charge >= 0.3 is 0 Å². The molecule has 3 aromatic rings. The van der Waals surface area contributed by atoms with Crippen LogP contribution in [0.4, 0.5) is 5.69 Å². The molecule has 0 spiro atoms. The van der Waals surface area contributed by atoms with Crippen LogP contribution in [0.3, 0.4) is 0 Å². The molecule has 0 saturated heterocycles. The lowest BCUT2D eigenvalue weighted by Gasteiger charge is -2.29. The predicted octanol–water partition coefficient (Wildman–Crippen LogP) is 2.34. The summed E-state index contributed by atoms with van der Waals surface area (Å²) in [6.45, 7) is 5.71. The van der Waals surface area contributed by atoms with Gasteiger partial charge in [-0.2, -0.15) is 4.80 Å². The quantitative estimate of drug-likeness (QED) is 0.188. The first-order valence-corrected chi connectivity index (χ1v) is 12.6. The summed E-state index contributed by atoms with van der Waals surface area (Å²) in [5, 5.41) is 45.9. The fourth-order valence-corrected chi connectivity index (χ4v) is 5.11. The number of anilines is 1. The highest BCUT2D eigenvalue weighted by Gasteiger charge is 2.56. The van der Waals surface area contributed by atoms with Crippen LogP contribution in [0.25, 0.3) is 11.4 Å². The molecule has 0 fully saturated rings. The minimum Gasteiger partial charge on any atom is -0.507 e. The molecule has 5 rings (SSSR count). The van der Waals surface area contributed by atoms with Gasteiger partial charge in [0.05, 0.1) is 37.1 Å². The Bertz CT molecular complexity index is 1720. The van der Waals surface area contributed by atoms with E-state index in [0.29, 0.717) is 17.0 Å². The average molecular weight is 562 g/mol. The number of carbonyl (C=O) groups excluding carboxylic acids is 3. The Morgan fingerprint density at radius 2 is 1.93 bits per heavy atom. The number of aromatic hydroxyl groups is 2. The number of Topliss-reactive ketones (excluding diaryl/α,β-unsaturated/α-hetero) is 2. The largest absolute Gasteiger partial charge is 0.507 e. The number of tetrazole rings is 1. The maximum absolute atomic E-state index is 14.1. The maximum atomic E-state index is 14.1. The molecule has 0 saturated carbocycles. The van der Waals surface area contributed by atoms with E-state index in [0.717, 1.165) is 6.08 Å². The molecule has 1 aromatic heterocycles. The zero-order chi connectivity index (χ0) is 29.8. The summed E-state index contributed by atoms with van der Waals surface area (Å²) in [7, 11) is 1.46. The molecule has 13 heteroatoms. The molecule has 1 aliphatic carbocycles. The number of phenols is 2. The number of nitrogens with zero attached hydrogens (tertiary/aromatic N) is 4. The second kappa shape index (κ2) is 9.86. The number of benzene rings is 2. The second-order valence-electron chi connectivity index (χ2n) is 9.86. The van der Waals surface area contributed by atoms with Crippen molar-refractivity contribution in [3.8, 4) is 34.4 Å². The highest BCUT2D eigenvalue weighted by molar-refractivity contribution is 6.31. The molecule has 2 heterocycles. The van der Waals surface area contributed by atoms with Crippen molar-refractivity contribution in [3.05, 3.63) is 58.0 Å². The van der Waals surface area contributed by atoms with Crippen LogP contribution in [0.2, 0.25) is 0 Å². The van der Waals surface area contributed by atoms with E-state index in [2.05, 4.69) is 20.7 Å². The van der Waals surface area contributed by atoms with Crippen molar-refractivity contribution < 1.29 is 39.2 Å². The van der Waals surface area contributed by atoms with Gasteiger partial charge < -0.3 is 30.1 Å². The van der Waals surface area contributed by atoms with Gasteiger partial charge in [0.15, 0.2) is 17.3 Å². The zero-order valence-electron chi connectivity index (χ0n) is 22.9. The summed E-state index contributed by atoms with van der Waals surface area (Å²) in [6.07, 6.45) is 1.15. The summed E-state index contributed by atoms with van der Waals surface area (Å²) in [4.78, 5) is 41.0. The first kappa shape index (κ1) is 27.5. The average Bonchev–Trinajstić information content (AvgIpc) is 3.50. The SMILES string of the molecule is COc1ccc(-c2nnn(CCO)n2)cc1NC(C)=C1C(=O)C=C2Oc3c(C(C)=O)c(O)c(C)c(O)c3C2(C)C1=O. The molecular weight excluding hydrogens is 534 g/mol. The lowest BCUT2D eigenvalue weighted by molar-refractivity contribution is -0.123. The fraction of sp³-hybridized carbons (Fsp3) is 0.286. The van der Waals surface area contributed by atoms with Crippen molar-refractivity contribution in [2.24, 2.45) is 0 Å². The third kappa shape index (κ3) is 4.12. The lowest BCUT2D eigenvalue weighted by atomic mass is 9.70. The van der Waals surface area contributed by atoms with Gasteiger partial charge in [-0.25, -0.2) is 0 Å². The van der Waals surface area contributed by atoms with Crippen LogP contribution in [0, 0.1) is 6.92 Å². The molecule has 1 aliphatic heterocycles. The number of hydrogen-bond donors (Lipinski definition) is 4. The van der Waals surface area contributed by atoms with Gasteiger partial charge in [-0.05, 0) is 51.1 Å². The van der Waals surface area contributed by atoms with Crippen molar-refractivity contribution in [2.75, 3.05) is 19.0 Å². The third-order valence-electron chi connectivity index (χ3n) is 7.29. The molecule has 13 nitrogen and oxygen atoms in total. The zero-order valence-corrected chi connectivity index (χ0v) is 22.9. The fourth-order valence-electron chi connectivity index (χ4n) is 5.11. The molecule has 1 unspecified atom stereocenters. The minimum atomic E-state index is -1.64. The number of rotatable bonds is 7. The molecule has 0 bridgehead atoms. The van der Waals surface area contributed by atoms with E-state index in [9.17, 15) is 24.6 Å². The Balaban J connectivity index is 1.60. The topological polar surface area (TPSA) is 186 Å². The Morgan fingerprint density at radius 3 is 2.59 bits per heavy atom. The number of nitrogens with one attached hydrogen (secondary N) is 1. The van der Waals surface area contributed by atoms with E-state index in [4.69, 9.17) is 14.6 Å². The van der Waals surface area contributed by atoms with Gasteiger partial charge in [0.2, 0.25) is 5.82 Å². The Labute approximate surface area is 233 Å². The Morgan fingerprint density at radius 1 is 1.20 bits per heavy atom. The number of ketones is 3. The molecule has 2 aromatic carbocycles. The van der Waals surface area contributed by atoms with Gasteiger partial charge in [-0.3, -0.25) is 14.4 Å². The normalized spacial score (nSPS) is 18.8. The molecule has 4 N–H and O–H groups in total. The van der Waals surface area contributed by atoms with E-state index in [1.165, 1.54) is 32.7 Å². The molecular formula is C28H27N5O8. The number of ether oxygens (including phenoxy) is 2. The van der Waals surface area contributed by atoms with Crippen LogP contribution in [0.15, 0.2) is 41.3 Å². The minimum absolute atomic E-state index is 0.00340.